The van der Waals surface area contributed by atoms with Gasteiger partial charge in [-0.05, 0) is 15.9 Å². The van der Waals surface area contributed by atoms with Crippen molar-refractivity contribution in [2.75, 3.05) is 11.9 Å². The van der Waals surface area contributed by atoms with Crippen molar-refractivity contribution in [3.05, 3.63) is 29.0 Å². The fourth-order valence-electron chi connectivity index (χ4n) is 1.44. The van der Waals surface area contributed by atoms with Crippen LogP contribution in [-0.4, -0.2) is 32.7 Å². The Bertz CT molecular complexity index is 674. The van der Waals surface area contributed by atoms with Gasteiger partial charge >= 0.3 is 0 Å². The number of hydrogen-bond donors (Lipinski definition) is 0. The minimum atomic E-state index is -0.120. The maximum atomic E-state index is 11.4. The van der Waals surface area contributed by atoms with Crippen molar-refractivity contribution in [2.45, 2.75) is 6.92 Å². The highest BCUT2D eigenvalue weighted by molar-refractivity contribution is 9.10. The molecule has 0 bridgehead atoms. The number of carbonyl (C=O) groups is 1. The molecule has 0 radical (unpaired) electrons. The van der Waals surface area contributed by atoms with Crippen LogP contribution in [0.1, 0.15) is 12.6 Å². The van der Waals surface area contributed by atoms with Crippen LogP contribution >= 0.6 is 15.9 Å². The molecule has 0 saturated heterocycles. The molecule has 2 heterocycles. The van der Waals surface area contributed by atoms with Crippen LogP contribution in [0.2, 0.25) is 0 Å². The van der Waals surface area contributed by atoms with Gasteiger partial charge in [0.1, 0.15) is 18.1 Å². The van der Waals surface area contributed by atoms with E-state index in [1.54, 1.807) is 13.2 Å². The SMILES string of the molecule is CC(=O)N(C)c1cn(-c2cncnc2C#N)nc1Br. The molecule has 96 valence electrons. The van der Waals surface area contributed by atoms with Crippen molar-refractivity contribution in [2.24, 2.45) is 0 Å². The average Bonchev–Trinajstić information content (AvgIpc) is 2.79. The molecule has 0 fully saturated rings. The van der Waals surface area contributed by atoms with Gasteiger partial charge < -0.3 is 4.90 Å². The van der Waals surface area contributed by atoms with Crippen LogP contribution < -0.4 is 4.90 Å². The number of aromatic nitrogens is 4. The van der Waals surface area contributed by atoms with Crippen molar-refractivity contribution in [3.8, 4) is 11.8 Å². The second kappa shape index (κ2) is 5.16. The van der Waals surface area contributed by atoms with Crippen LogP contribution in [0.15, 0.2) is 23.3 Å². The zero-order valence-corrected chi connectivity index (χ0v) is 11.8. The molecule has 0 spiro atoms. The van der Waals surface area contributed by atoms with Gasteiger partial charge in [0.25, 0.3) is 0 Å². The number of nitrogens with zero attached hydrogens (tertiary/aromatic N) is 6. The summed E-state index contributed by atoms with van der Waals surface area (Å²) in [6, 6.07) is 1.97. The van der Waals surface area contributed by atoms with Crippen molar-refractivity contribution >= 4 is 27.5 Å². The van der Waals surface area contributed by atoms with Crippen LogP contribution in [0.5, 0.6) is 0 Å². The largest absolute Gasteiger partial charge is 0.312 e. The quantitative estimate of drug-likeness (QED) is 0.831. The van der Waals surface area contributed by atoms with E-state index in [1.807, 2.05) is 6.07 Å². The summed E-state index contributed by atoms with van der Waals surface area (Å²) in [7, 11) is 1.64. The molecule has 0 aliphatic heterocycles. The van der Waals surface area contributed by atoms with Crippen LogP contribution in [-0.2, 0) is 4.79 Å². The standard InChI is InChI=1S/C11H9BrN6O/c1-7(19)17(2)10-5-18(16-11(10)12)9-4-14-6-15-8(9)3-13/h4-6H,1-2H3. The minimum absolute atomic E-state index is 0.120. The van der Waals surface area contributed by atoms with E-state index < -0.39 is 0 Å². The maximum absolute atomic E-state index is 11.4. The Morgan fingerprint density at radius 1 is 1.58 bits per heavy atom. The van der Waals surface area contributed by atoms with Gasteiger partial charge in [0.05, 0.1) is 18.1 Å². The summed E-state index contributed by atoms with van der Waals surface area (Å²) in [6.07, 6.45) is 4.41. The van der Waals surface area contributed by atoms with E-state index in [0.717, 1.165) is 0 Å². The fourth-order valence-corrected chi connectivity index (χ4v) is 1.98. The first-order chi connectivity index (χ1) is 9.04. The summed E-state index contributed by atoms with van der Waals surface area (Å²) in [4.78, 5) is 20.5. The lowest BCUT2D eigenvalue weighted by Crippen LogP contribution is -2.22. The van der Waals surface area contributed by atoms with Gasteiger partial charge in [-0.3, -0.25) is 4.79 Å². The summed E-state index contributed by atoms with van der Waals surface area (Å²) in [5.74, 6) is -0.120. The van der Waals surface area contributed by atoms with E-state index in [2.05, 4.69) is 31.0 Å². The van der Waals surface area contributed by atoms with Crippen LogP contribution in [0.4, 0.5) is 5.69 Å². The highest BCUT2D eigenvalue weighted by Gasteiger charge is 2.16. The summed E-state index contributed by atoms with van der Waals surface area (Å²) in [5.41, 5.74) is 1.26. The Morgan fingerprint density at radius 2 is 2.32 bits per heavy atom. The zero-order chi connectivity index (χ0) is 14.0. The molecule has 2 aromatic rings. The second-order valence-corrected chi connectivity index (χ2v) is 4.45. The predicted molar refractivity (Wildman–Crippen MR) is 70.7 cm³/mol. The molecule has 0 atom stereocenters. The lowest BCUT2D eigenvalue weighted by molar-refractivity contribution is -0.116. The minimum Gasteiger partial charge on any atom is -0.312 e. The summed E-state index contributed by atoms with van der Waals surface area (Å²) >= 11 is 3.28. The second-order valence-electron chi connectivity index (χ2n) is 3.70. The fraction of sp³-hybridized carbons (Fsp3) is 0.182. The number of hydrogen-bond acceptors (Lipinski definition) is 5. The first kappa shape index (κ1) is 13.2. The first-order valence-corrected chi connectivity index (χ1v) is 6.04. The number of amides is 1. The first-order valence-electron chi connectivity index (χ1n) is 5.24. The number of rotatable bonds is 2. The van der Waals surface area contributed by atoms with Gasteiger partial charge in [-0.2, -0.15) is 10.4 Å². The van der Waals surface area contributed by atoms with Gasteiger partial charge in [0.2, 0.25) is 5.91 Å². The normalized spacial score (nSPS) is 10.0. The third kappa shape index (κ3) is 2.46. The predicted octanol–water partition coefficient (Wildman–Crippen LogP) is 1.28. The van der Waals surface area contributed by atoms with Gasteiger partial charge in [0, 0.05) is 14.0 Å². The lowest BCUT2D eigenvalue weighted by Gasteiger charge is -2.11. The topological polar surface area (TPSA) is 87.7 Å². The highest BCUT2D eigenvalue weighted by Crippen LogP contribution is 2.25. The van der Waals surface area contributed by atoms with Crippen LogP contribution in [0, 0.1) is 11.3 Å². The van der Waals surface area contributed by atoms with Gasteiger partial charge in [-0.15, -0.1) is 0 Å². The van der Waals surface area contributed by atoms with Crippen molar-refractivity contribution < 1.29 is 4.79 Å². The van der Waals surface area contributed by atoms with E-state index in [1.165, 1.54) is 29.0 Å². The van der Waals surface area contributed by atoms with E-state index in [4.69, 9.17) is 5.26 Å². The zero-order valence-electron chi connectivity index (χ0n) is 10.2. The molecular formula is C11H9BrN6O. The van der Waals surface area contributed by atoms with Gasteiger partial charge in [0.15, 0.2) is 10.3 Å². The summed E-state index contributed by atoms with van der Waals surface area (Å²) in [5, 5.41) is 13.2. The van der Waals surface area contributed by atoms with E-state index in [9.17, 15) is 4.79 Å². The molecule has 0 unspecified atom stereocenters. The van der Waals surface area contributed by atoms with Gasteiger partial charge in [-0.1, -0.05) is 0 Å². The van der Waals surface area contributed by atoms with Crippen LogP contribution in [0.25, 0.3) is 5.69 Å². The molecular weight excluding hydrogens is 312 g/mol. The third-order valence-corrected chi connectivity index (χ3v) is 3.10. The molecule has 0 N–H and O–H groups in total. The Labute approximate surface area is 117 Å². The summed E-state index contributed by atoms with van der Waals surface area (Å²) in [6.45, 7) is 1.45. The lowest BCUT2D eigenvalue weighted by atomic mass is 10.3. The molecule has 0 aliphatic carbocycles. The van der Waals surface area contributed by atoms with Crippen LogP contribution in [0.3, 0.4) is 0 Å². The molecule has 19 heavy (non-hydrogen) atoms. The monoisotopic (exact) mass is 320 g/mol. The van der Waals surface area contributed by atoms with E-state index in [0.29, 0.717) is 16.0 Å². The Morgan fingerprint density at radius 3 is 2.95 bits per heavy atom. The number of carbonyl (C=O) groups excluding carboxylic acids is 1. The van der Waals surface area contributed by atoms with E-state index in [-0.39, 0.29) is 11.6 Å². The average molecular weight is 321 g/mol. The highest BCUT2D eigenvalue weighted by atomic mass is 79.9. The Kier molecular flexibility index (Phi) is 3.57. The molecule has 7 nitrogen and oxygen atoms in total. The molecule has 0 saturated carbocycles. The van der Waals surface area contributed by atoms with E-state index >= 15 is 0 Å². The van der Waals surface area contributed by atoms with Crippen molar-refractivity contribution in [1.82, 2.24) is 19.7 Å². The molecule has 0 aromatic carbocycles. The van der Waals surface area contributed by atoms with Crippen molar-refractivity contribution in [3.63, 3.8) is 0 Å². The summed E-state index contributed by atoms with van der Waals surface area (Å²) < 4.78 is 1.95. The molecule has 0 aliphatic rings. The molecule has 2 rings (SSSR count). The third-order valence-electron chi connectivity index (χ3n) is 2.53. The number of halogens is 1. The molecule has 2 aromatic heterocycles. The molecule has 1 amide bonds. The van der Waals surface area contributed by atoms with Crippen molar-refractivity contribution in [1.29, 1.82) is 5.26 Å². The Balaban J connectivity index is 2.51. The number of nitriles is 1. The van der Waals surface area contributed by atoms with Gasteiger partial charge in [-0.25, -0.2) is 14.6 Å². The number of anilines is 1. The Hall–Kier alpha value is -2.27. The smallest absolute Gasteiger partial charge is 0.223 e. The maximum Gasteiger partial charge on any atom is 0.223 e. The molecule has 8 heteroatoms.